The van der Waals surface area contributed by atoms with E-state index in [2.05, 4.69) is 6.92 Å². The molecule has 6 nitrogen and oxygen atoms in total. The summed E-state index contributed by atoms with van der Waals surface area (Å²) in [4.78, 5) is 0. The Hall–Kier alpha value is 0.340. The summed E-state index contributed by atoms with van der Waals surface area (Å²) < 4.78 is 35.5. The van der Waals surface area contributed by atoms with Crippen LogP contribution >= 0.6 is 0 Å². The average Bonchev–Trinajstić information content (AvgIpc) is 2.51. The summed E-state index contributed by atoms with van der Waals surface area (Å²) in [6.45, 7) is 2.13. The van der Waals surface area contributed by atoms with E-state index in [-0.39, 0.29) is 29.6 Å². The Morgan fingerprint density at radius 2 is 1.35 bits per heavy atom. The van der Waals surface area contributed by atoms with Gasteiger partial charge in [0.1, 0.15) is 0 Å². The van der Waals surface area contributed by atoms with Crippen molar-refractivity contribution in [2.45, 2.75) is 109 Å². The Balaban J connectivity index is 0. The molecule has 2 N–H and O–H groups in total. The largest absolute Gasteiger partial charge is 1.00 e. The van der Waals surface area contributed by atoms with Crippen molar-refractivity contribution >= 4 is 16.3 Å². The van der Waals surface area contributed by atoms with Gasteiger partial charge in [-0.3, -0.25) is 4.55 Å². The zero-order valence-electron chi connectivity index (χ0n) is 16.7. The van der Waals surface area contributed by atoms with Crippen molar-refractivity contribution in [3.05, 3.63) is 0 Å². The molecule has 0 aliphatic rings. The first-order valence-electron chi connectivity index (χ1n) is 9.75. The van der Waals surface area contributed by atoms with Gasteiger partial charge in [0.05, 0.1) is 6.10 Å². The van der Waals surface area contributed by atoms with Gasteiger partial charge in [0.15, 0.2) is 0 Å². The Labute approximate surface area is 182 Å². The van der Waals surface area contributed by atoms with E-state index in [0.717, 1.165) is 77.0 Å². The van der Waals surface area contributed by atoms with Gasteiger partial charge in [-0.2, -0.15) is 8.42 Å². The van der Waals surface area contributed by atoms with Crippen LogP contribution in [0, 0.1) is 5.41 Å². The molecule has 0 saturated carbocycles. The maximum Gasteiger partial charge on any atom is 1.00 e. The molecule has 0 aliphatic heterocycles. The fourth-order valence-electron chi connectivity index (χ4n) is 2.93. The molecular formula is C18H36NNaO5S. The van der Waals surface area contributed by atoms with Crippen LogP contribution in [0.2, 0.25) is 0 Å². The van der Waals surface area contributed by atoms with Gasteiger partial charge in [-0.1, -0.05) is 77.6 Å². The Morgan fingerprint density at radius 3 is 1.77 bits per heavy atom. The van der Waals surface area contributed by atoms with Crippen molar-refractivity contribution in [3.8, 4) is 0 Å². The van der Waals surface area contributed by atoms with Crippen LogP contribution in [0.25, 0.3) is 0 Å². The third kappa shape index (κ3) is 22.4. The third-order valence-corrected chi connectivity index (χ3v) is 4.83. The minimum Gasteiger partial charge on any atom is -0.862 e. The molecule has 0 saturated heterocycles. The Bertz CT molecular complexity index is 431. The molecule has 0 rings (SSSR count). The van der Waals surface area contributed by atoms with E-state index < -0.39 is 22.4 Å². The predicted molar refractivity (Wildman–Crippen MR) is 99.1 cm³/mol. The quantitative estimate of drug-likeness (QED) is 0.119. The zero-order valence-corrected chi connectivity index (χ0v) is 19.5. The monoisotopic (exact) mass is 401 g/mol. The molecule has 8 heteroatoms. The standard InChI is InChI=1S/C18H37NO5S.Na/c1-2-3-4-11-14-17(24-25(21,22)23)15-12-9-7-5-6-8-10-13-16-18(19)20;/h17H,2-16H2,1H3,(H2,19,20)(H,21,22,23);/q;+1/p-1. The van der Waals surface area contributed by atoms with Gasteiger partial charge in [0, 0.05) is 0 Å². The molecule has 0 aromatic heterocycles. The van der Waals surface area contributed by atoms with Crippen LogP contribution in [0.1, 0.15) is 103 Å². The van der Waals surface area contributed by atoms with E-state index in [4.69, 9.17) is 14.1 Å². The van der Waals surface area contributed by atoms with Gasteiger partial charge < -0.3 is 10.5 Å². The van der Waals surface area contributed by atoms with Gasteiger partial charge >= 0.3 is 40.0 Å². The van der Waals surface area contributed by atoms with Crippen molar-refractivity contribution in [3.63, 3.8) is 0 Å². The van der Waals surface area contributed by atoms with E-state index >= 15 is 0 Å². The van der Waals surface area contributed by atoms with E-state index in [1.54, 1.807) is 0 Å². The fraction of sp³-hybridized carbons (Fsp3) is 0.944. The van der Waals surface area contributed by atoms with Crippen molar-refractivity contribution in [2.75, 3.05) is 0 Å². The van der Waals surface area contributed by atoms with Gasteiger partial charge in [0.2, 0.25) is 0 Å². The summed E-state index contributed by atoms with van der Waals surface area (Å²) in [5.41, 5.74) is 0. The normalized spacial score (nSPS) is 12.5. The van der Waals surface area contributed by atoms with Crippen molar-refractivity contribution in [1.29, 1.82) is 5.41 Å². The number of hydrogen-bond acceptors (Lipinski definition) is 5. The van der Waals surface area contributed by atoms with Crippen molar-refractivity contribution in [2.24, 2.45) is 0 Å². The molecule has 0 fully saturated rings. The van der Waals surface area contributed by atoms with E-state index in [1.165, 1.54) is 0 Å². The van der Waals surface area contributed by atoms with Crippen LogP contribution in [-0.4, -0.2) is 25.0 Å². The topological polar surface area (TPSA) is 111 Å². The molecule has 26 heavy (non-hydrogen) atoms. The minimum atomic E-state index is -4.37. The Kier molecular flexibility index (Phi) is 20.5. The summed E-state index contributed by atoms with van der Waals surface area (Å²) in [7, 11) is -4.37. The molecular weight excluding hydrogens is 365 g/mol. The average molecular weight is 402 g/mol. The molecule has 0 aromatic carbocycles. The summed E-state index contributed by atoms with van der Waals surface area (Å²) in [6, 6.07) is 0. The minimum absolute atomic E-state index is 0. The fourth-order valence-corrected chi connectivity index (χ4v) is 3.47. The maximum atomic E-state index is 10.9. The summed E-state index contributed by atoms with van der Waals surface area (Å²) in [6.07, 6.45) is 13.8. The Morgan fingerprint density at radius 1 is 0.923 bits per heavy atom. The van der Waals surface area contributed by atoms with E-state index in [1.807, 2.05) is 0 Å². The van der Waals surface area contributed by atoms with Gasteiger partial charge in [-0.25, -0.2) is 4.18 Å². The molecule has 0 amide bonds. The van der Waals surface area contributed by atoms with E-state index in [0.29, 0.717) is 19.3 Å². The first-order chi connectivity index (χ1) is 11.8. The second-order valence-electron chi connectivity index (χ2n) is 6.79. The van der Waals surface area contributed by atoms with Gasteiger partial charge in [0.25, 0.3) is 0 Å². The summed E-state index contributed by atoms with van der Waals surface area (Å²) in [5, 5.41) is 17.3. The van der Waals surface area contributed by atoms with Gasteiger partial charge in [-0.15, -0.1) is 0 Å². The zero-order chi connectivity index (χ0) is 19.0. The molecule has 0 spiro atoms. The second-order valence-corrected chi connectivity index (χ2v) is 7.83. The number of rotatable bonds is 18. The molecule has 1 unspecified atom stereocenters. The predicted octanol–water partition coefficient (Wildman–Crippen LogP) is 1.39. The molecule has 0 heterocycles. The number of hydrogen-bond donors (Lipinski definition) is 2. The van der Waals surface area contributed by atoms with Crippen LogP contribution in [0.4, 0.5) is 0 Å². The number of unbranched alkanes of at least 4 members (excludes halogenated alkanes) is 10. The molecule has 0 radical (unpaired) electrons. The molecule has 0 aromatic rings. The van der Waals surface area contributed by atoms with Crippen molar-refractivity contribution in [1.82, 2.24) is 0 Å². The number of nitrogens with one attached hydrogen (secondary N) is 1. The first kappa shape index (κ1) is 28.5. The van der Waals surface area contributed by atoms with Crippen LogP contribution in [0.3, 0.4) is 0 Å². The van der Waals surface area contributed by atoms with Crippen molar-refractivity contribution < 1.29 is 51.8 Å². The SMILES string of the molecule is CCCCCCC(CCCCCCCCCCC(=N)[O-])OS(=O)(=O)O.[Na+]. The summed E-state index contributed by atoms with van der Waals surface area (Å²) >= 11 is 0. The second kappa shape index (κ2) is 18.7. The first-order valence-corrected chi connectivity index (χ1v) is 11.1. The molecule has 0 bridgehead atoms. The van der Waals surface area contributed by atoms with Crippen LogP contribution in [-0.2, 0) is 14.6 Å². The summed E-state index contributed by atoms with van der Waals surface area (Å²) in [5.74, 6) is -0.476. The van der Waals surface area contributed by atoms with Gasteiger partial charge in [-0.05, 0) is 31.6 Å². The maximum absolute atomic E-state index is 10.9. The third-order valence-electron chi connectivity index (χ3n) is 4.32. The molecule has 0 aliphatic carbocycles. The molecule has 1 atom stereocenters. The van der Waals surface area contributed by atoms with Crippen LogP contribution < -0.4 is 34.7 Å². The molecule has 150 valence electrons. The smallest absolute Gasteiger partial charge is 0.862 e. The van der Waals surface area contributed by atoms with Crippen LogP contribution in [0.5, 0.6) is 0 Å². The van der Waals surface area contributed by atoms with Crippen LogP contribution in [0.15, 0.2) is 0 Å². The van der Waals surface area contributed by atoms with E-state index in [9.17, 15) is 13.5 Å².